The van der Waals surface area contributed by atoms with E-state index in [-0.39, 0.29) is 12.0 Å². The van der Waals surface area contributed by atoms with Crippen molar-refractivity contribution in [3.05, 3.63) is 76.7 Å². The molecule has 7 heteroatoms. The molecular weight excluding hydrogens is 519 g/mol. The standard InChI is InChI=1S/C34H41FN2O4/c1-6-37(20(2)3)19-26-15-24(28-17-32(40-5)36-18-29(28)35)11-13-27(26)30-14-12-22-7-10-25(16-31(22)41-30)33(23-8-9-23)21(4)34(38)39/h7,10-11,13,15-18,20-21,23,30,33H,6,8-9,12,14,19H2,1-5H3,(H,38,39)/t21-,30?,33-/m0/s1. The second kappa shape index (κ2) is 12.2. The van der Waals surface area contributed by atoms with Gasteiger partial charge in [0.25, 0.3) is 0 Å². The van der Waals surface area contributed by atoms with Gasteiger partial charge in [-0.1, -0.05) is 38.1 Å². The summed E-state index contributed by atoms with van der Waals surface area (Å²) in [6, 6.07) is 14.4. The summed E-state index contributed by atoms with van der Waals surface area (Å²) in [6.45, 7) is 9.94. The number of hydrogen-bond donors (Lipinski definition) is 1. The van der Waals surface area contributed by atoms with Crippen molar-refractivity contribution in [3.8, 4) is 22.8 Å². The van der Waals surface area contributed by atoms with Crippen LogP contribution in [0.3, 0.4) is 0 Å². The molecule has 0 saturated heterocycles. The number of carbonyl (C=O) groups is 1. The van der Waals surface area contributed by atoms with Gasteiger partial charge in [-0.15, -0.1) is 0 Å². The van der Waals surface area contributed by atoms with Gasteiger partial charge in [0, 0.05) is 24.2 Å². The lowest BCUT2D eigenvalue weighted by Crippen LogP contribution is -2.31. The van der Waals surface area contributed by atoms with Crippen molar-refractivity contribution in [2.75, 3.05) is 13.7 Å². The summed E-state index contributed by atoms with van der Waals surface area (Å²) in [7, 11) is 1.53. The highest BCUT2D eigenvalue weighted by atomic mass is 19.1. The third kappa shape index (κ3) is 6.25. The monoisotopic (exact) mass is 560 g/mol. The number of aromatic nitrogens is 1. The molecule has 0 radical (unpaired) electrons. The van der Waals surface area contributed by atoms with Crippen LogP contribution in [0.4, 0.5) is 4.39 Å². The minimum Gasteiger partial charge on any atom is -0.485 e. The smallest absolute Gasteiger partial charge is 0.306 e. The van der Waals surface area contributed by atoms with Crippen LogP contribution in [-0.2, 0) is 17.8 Å². The summed E-state index contributed by atoms with van der Waals surface area (Å²) >= 11 is 0. The zero-order chi connectivity index (χ0) is 29.3. The number of aliphatic carboxylic acids is 1. The van der Waals surface area contributed by atoms with Gasteiger partial charge in [0.15, 0.2) is 0 Å². The number of nitrogens with zero attached hydrogens (tertiary/aromatic N) is 2. The van der Waals surface area contributed by atoms with Gasteiger partial charge in [0.2, 0.25) is 5.88 Å². The van der Waals surface area contributed by atoms with Gasteiger partial charge in [-0.2, -0.15) is 0 Å². The van der Waals surface area contributed by atoms with Crippen molar-refractivity contribution in [2.24, 2.45) is 11.8 Å². The first-order chi connectivity index (χ1) is 19.7. The summed E-state index contributed by atoms with van der Waals surface area (Å²) in [5.41, 5.74) is 5.64. The number of rotatable bonds is 11. The molecule has 6 nitrogen and oxygen atoms in total. The second-order valence-electron chi connectivity index (χ2n) is 11.8. The van der Waals surface area contributed by atoms with Crippen LogP contribution in [0.25, 0.3) is 11.1 Å². The van der Waals surface area contributed by atoms with E-state index in [2.05, 4.69) is 61.0 Å². The molecule has 2 aliphatic rings. The minimum atomic E-state index is -0.753. The Morgan fingerprint density at radius 2 is 1.93 bits per heavy atom. The van der Waals surface area contributed by atoms with Gasteiger partial charge in [-0.3, -0.25) is 9.69 Å². The molecule has 218 valence electrons. The molecule has 1 aliphatic heterocycles. The Hall–Kier alpha value is -3.45. The molecule has 41 heavy (non-hydrogen) atoms. The van der Waals surface area contributed by atoms with E-state index in [1.165, 1.54) is 13.3 Å². The van der Waals surface area contributed by atoms with Crippen molar-refractivity contribution in [3.63, 3.8) is 0 Å². The maximum atomic E-state index is 14.9. The summed E-state index contributed by atoms with van der Waals surface area (Å²) in [5, 5.41) is 9.76. The summed E-state index contributed by atoms with van der Waals surface area (Å²) < 4.78 is 26.8. The van der Waals surface area contributed by atoms with E-state index >= 15 is 0 Å². The lowest BCUT2D eigenvalue weighted by atomic mass is 9.82. The number of pyridine rings is 1. The van der Waals surface area contributed by atoms with E-state index < -0.39 is 17.7 Å². The van der Waals surface area contributed by atoms with E-state index in [0.717, 1.165) is 65.8 Å². The molecule has 1 fully saturated rings. The van der Waals surface area contributed by atoms with Crippen molar-refractivity contribution in [1.29, 1.82) is 0 Å². The van der Waals surface area contributed by atoms with Crippen molar-refractivity contribution in [2.45, 2.75) is 78.0 Å². The first kappa shape index (κ1) is 29.1. The number of hydrogen-bond acceptors (Lipinski definition) is 5. The van der Waals surface area contributed by atoms with Gasteiger partial charge in [0.1, 0.15) is 17.7 Å². The number of fused-ring (bicyclic) bond motifs is 1. The minimum absolute atomic E-state index is 0.00646. The molecule has 3 atom stereocenters. The van der Waals surface area contributed by atoms with Crippen LogP contribution in [0.5, 0.6) is 11.6 Å². The summed E-state index contributed by atoms with van der Waals surface area (Å²) in [6.07, 6.45) is 4.91. The van der Waals surface area contributed by atoms with Gasteiger partial charge in [-0.25, -0.2) is 9.37 Å². The predicted molar refractivity (Wildman–Crippen MR) is 158 cm³/mol. The molecule has 0 bridgehead atoms. The molecule has 0 spiro atoms. The quantitative estimate of drug-likeness (QED) is 0.263. The zero-order valence-corrected chi connectivity index (χ0v) is 24.7. The number of ether oxygens (including phenoxy) is 2. The number of aryl methyl sites for hydroxylation is 1. The Balaban J connectivity index is 1.50. The number of halogens is 1. The molecule has 0 amide bonds. The number of methoxy groups -OCH3 is 1. The Labute approximate surface area is 242 Å². The molecule has 1 saturated carbocycles. The number of carboxylic acids is 1. The van der Waals surface area contributed by atoms with Crippen LogP contribution in [0, 0.1) is 17.7 Å². The Bertz CT molecular complexity index is 1400. The largest absolute Gasteiger partial charge is 0.485 e. The fourth-order valence-corrected chi connectivity index (χ4v) is 6.25. The SMILES string of the molecule is CCN(Cc1cc(-c2cc(OC)ncc2F)ccc1C1CCc2ccc([C@H](C3CC3)[C@H](C)C(=O)O)cc2O1)C(C)C. The van der Waals surface area contributed by atoms with E-state index in [4.69, 9.17) is 9.47 Å². The highest BCUT2D eigenvalue weighted by Gasteiger charge is 2.39. The average molecular weight is 561 g/mol. The maximum Gasteiger partial charge on any atom is 0.306 e. The first-order valence-corrected chi connectivity index (χ1v) is 14.8. The Morgan fingerprint density at radius 1 is 1.15 bits per heavy atom. The van der Waals surface area contributed by atoms with E-state index in [1.807, 2.05) is 13.0 Å². The van der Waals surface area contributed by atoms with Crippen molar-refractivity contribution in [1.82, 2.24) is 9.88 Å². The van der Waals surface area contributed by atoms with E-state index in [9.17, 15) is 14.3 Å². The highest BCUT2D eigenvalue weighted by molar-refractivity contribution is 5.71. The van der Waals surface area contributed by atoms with Crippen LogP contribution in [0.1, 0.15) is 81.2 Å². The summed E-state index contributed by atoms with van der Waals surface area (Å²) in [5.74, 6) is 0.0394. The molecule has 2 heterocycles. The molecule has 1 unspecified atom stereocenters. The molecule has 1 aromatic heterocycles. The molecule has 1 N–H and O–H groups in total. The van der Waals surface area contributed by atoms with Crippen molar-refractivity contribution < 1.29 is 23.8 Å². The molecular formula is C34H41FN2O4. The Morgan fingerprint density at radius 3 is 2.59 bits per heavy atom. The van der Waals surface area contributed by atoms with Crippen LogP contribution >= 0.6 is 0 Å². The maximum absolute atomic E-state index is 14.9. The van der Waals surface area contributed by atoms with Crippen LogP contribution in [-0.4, -0.2) is 40.7 Å². The van der Waals surface area contributed by atoms with Crippen molar-refractivity contribution >= 4 is 5.97 Å². The van der Waals surface area contributed by atoms with Gasteiger partial charge in [0.05, 0.1) is 19.2 Å². The third-order valence-electron chi connectivity index (χ3n) is 8.83. The molecule has 3 aromatic rings. The van der Waals surface area contributed by atoms with E-state index in [1.54, 1.807) is 6.07 Å². The van der Waals surface area contributed by atoms with Crippen LogP contribution < -0.4 is 9.47 Å². The average Bonchev–Trinajstić information content (AvgIpc) is 3.80. The molecule has 2 aromatic carbocycles. The second-order valence-corrected chi connectivity index (χ2v) is 11.8. The van der Waals surface area contributed by atoms with Gasteiger partial charge >= 0.3 is 5.97 Å². The number of carboxylic acid groups (broad SMARTS) is 1. The third-order valence-corrected chi connectivity index (χ3v) is 8.83. The summed E-state index contributed by atoms with van der Waals surface area (Å²) in [4.78, 5) is 18.3. The Kier molecular flexibility index (Phi) is 8.64. The van der Waals surface area contributed by atoms with Gasteiger partial charge in [-0.05, 0) is 97.9 Å². The van der Waals surface area contributed by atoms with Gasteiger partial charge < -0.3 is 14.6 Å². The van der Waals surface area contributed by atoms with Crippen LogP contribution in [0.2, 0.25) is 0 Å². The number of benzene rings is 2. The first-order valence-electron chi connectivity index (χ1n) is 14.8. The lowest BCUT2D eigenvalue weighted by molar-refractivity contribution is -0.142. The zero-order valence-electron chi connectivity index (χ0n) is 24.7. The van der Waals surface area contributed by atoms with Crippen LogP contribution in [0.15, 0.2) is 48.7 Å². The highest BCUT2D eigenvalue weighted by Crippen LogP contribution is 2.48. The fourth-order valence-electron chi connectivity index (χ4n) is 6.25. The normalized spacial score (nSPS) is 18.1. The lowest BCUT2D eigenvalue weighted by Gasteiger charge is -2.32. The fraction of sp³-hybridized carbons (Fsp3) is 0.471. The molecule has 5 rings (SSSR count). The van der Waals surface area contributed by atoms with E-state index in [0.29, 0.717) is 29.9 Å². The molecule has 1 aliphatic carbocycles. The predicted octanol–water partition coefficient (Wildman–Crippen LogP) is 7.41. The topological polar surface area (TPSA) is 71.9 Å².